The second kappa shape index (κ2) is 5.14. The lowest BCUT2D eigenvalue weighted by molar-refractivity contribution is -0.153. The van der Waals surface area contributed by atoms with E-state index in [1.807, 2.05) is 0 Å². The van der Waals surface area contributed by atoms with Gasteiger partial charge < -0.3 is 18.9 Å². The lowest BCUT2D eigenvalue weighted by Gasteiger charge is -2.27. The normalized spacial score (nSPS) is 30.4. The zero-order valence-electron chi connectivity index (χ0n) is 12.4. The molecule has 0 aromatic rings. The molecule has 1 fully saturated rings. The molecule has 0 unspecified atom stereocenters. The molecule has 3 atom stereocenters. The molecule has 0 bridgehead atoms. The summed E-state index contributed by atoms with van der Waals surface area (Å²) in [5.41, 5.74) is -2.00. The summed E-state index contributed by atoms with van der Waals surface area (Å²) in [7, 11) is 1.22. The molecule has 2 rings (SSSR count). The summed E-state index contributed by atoms with van der Waals surface area (Å²) in [4.78, 5) is 35.1. The number of ether oxygens (including phenoxy) is 4. The molecular formula is C14H18O7. The van der Waals surface area contributed by atoms with Gasteiger partial charge in [0.2, 0.25) is 0 Å². The first-order valence-corrected chi connectivity index (χ1v) is 6.52. The van der Waals surface area contributed by atoms with E-state index in [1.54, 1.807) is 20.8 Å². The van der Waals surface area contributed by atoms with Crippen molar-refractivity contribution in [3.05, 3.63) is 12.2 Å². The van der Waals surface area contributed by atoms with Crippen LogP contribution in [0.5, 0.6) is 0 Å². The molecule has 2 aliphatic rings. The molecule has 7 heteroatoms. The second-order valence-electron chi connectivity index (χ2n) is 6.00. The number of epoxide rings is 1. The van der Waals surface area contributed by atoms with Crippen LogP contribution in [0, 0.1) is 5.41 Å². The van der Waals surface area contributed by atoms with E-state index in [9.17, 15) is 14.4 Å². The monoisotopic (exact) mass is 298 g/mol. The fourth-order valence-electron chi connectivity index (χ4n) is 2.16. The Labute approximate surface area is 122 Å². The van der Waals surface area contributed by atoms with E-state index < -0.39 is 35.3 Å². The predicted octanol–water partition coefficient (Wildman–Crippen LogP) is 1.00. The predicted molar refractivity (Wildman–Crippen MR) is 69.4 cm³/mol. The standard InChI is InChI=1S/C14H18O7/c1-13(2,3)21-12(17)19-7-14(11(16)18-4)6-5-8(15)9-10(14)20-9/h5-6,9-10H,7H2,1-4H3/t9-,10-,14-/m1/s1. The van der Waals surface area contributed by atoms with Crippen LogP contribution in [0.15, 0.2) is 12.2 Å². The van der Waals surface area contributed by atoms with Gasteiger partial charge in [-0.15, -0.1) is 0 Å². The van der Waals surface area contributed by atoms with Crippen molar-refractivity contribution in [2.24, 2.45) is 5.41 Å². The number of methoxy groups -OCH3 is 1. The summed E-state index contributed by atoms with van der Waals surface area (Å²) < 4.78 is 20.0. The van der Waals surface area contributed by atoms with Crippen molar-refractivity contribution >= 4 is 17.9 Å². The molecule has 21 heavy (non-hydrogen) atoms. The van der Waals surface area contributed by atoms with Crippen LogP contribution in [-0.4, -0.2) is 49.4 Å². The largest absolute Gasteiger partial charge is 0.508 e. The van der Waals surface area contributed by atoms with Gasteiger partial charge in [0.15, 0.2) is 5.78 Å². The maximum Gasteiger partial charge on any atom is 0.508 e. The van der Waals surface area contributed by atoms with Crippen molar-refractivity contribution < 1.29 is 33.3 Å². The summed E-state index contributed by atoms with van der Waals surface area (Å²) in [6, 6.07) is 0. The topological polar surface area (TPSA) is 91.4 Å². The number of carbonyl (C=O) groups excluding carboxylic acids is 3. The fourth-order valence-corrected chi connectivity index (χ4v) is 2.16. The van der Waals surface area contributed by atoms with Gasteiger partial charge in [0.1, 0.15) is 29.8 Å². The maximum absolute atomic E-state index is 12.0. The summed E-state index contributed by atoms with van der Waals surface area (Å²) >= 11 is 0. The maximum atomic E-state index is 12.0. The zero-order chi connectivity index (χ0) is 15.8. The summed E-state index contributed by atoms with van der Waals surface area (Å²) in [6.45, 7) is 4.79. The summed E-state index contributed by atoms with van der Waals surface area (Å²) in [5, 5.41) is 0. The minimum absolute atomic E-state index is 0.211. The van der Waals surface area contributed by atoms with Crippen LogP contribution in [0.3, 0.4) is 0 Å². The van der Waals surface area contributed by atoms with E-state index in [0.717, 1.165) is 0 Å². The van der Waals surface area contributed by atoms with Crippen molar-refractivity contribution in [1.29, 1.82) is 0 Å². The van der Waals surface area contributed by atoms with Gasteiger partial charge in [-0.2, -0.15) is 0 Å². The minimum Gasteiger partial charge on any atom is -0.468 e. The van der Waals surface area contributed by atoms with Gasteiger partial charge in [-0.3, -0.25) is 9.59 Å². The molecule has 0 spiro atoms. The van der Waals surface area contributed by atoms with Crippen molar-refractivity contribution in [2.75, 3.05) is 13.7 Å². The van der Waals surface area contributed by atoms with E-state index in [-0.39, 0.29) is 12.4 Å². The fraction of sp³-hybridized carbons (Fsp3) is 0.643. The SMILES string of the molecule is COC(=O)[C@@]1(COC(=O)OC(C)(C)C)C=CC(=O)[C@H]2O[C@H]21. The van der Waals surface area contributed by atoms with Crippen molar-refractivity contribution in [3.63, 3.8) is 0 Å². The molecule has 0 radical (unpaired) electrons. The van der Waals surface area contributed by atoms with E-state index in [2.05, 4.69) is 0 Å². The lowest BCUT2D eigenvalue weighted by Crippen LogP contribution is -2.44. The van der Waals surface area contributed by atoms with Gasteiger partial charge in [-0.1, -0.05) is 6.08 Å². The Morgan fingerprint density at radius 3 is 2.62 bits per heavy atom. The molecule has 0 saturated carbocycles. The molecule has 1 saturated heterocycles. The van der Waals surface area contributed by atoms with Crippen LogP contribution in [0.1, 0.15) is 20.8 Å². The highest BCUT2D eigenvalue weighted by Crippen LogP contribution is 2.45. The van der Waals surface area contributed by atoms with E-state index in [1.165, 1.54) is 19.3 Å². The summed E-state index contributed by atoms with van der Waals surface area (Å²) in [5.74, 6) is -0.834. The number of hydrogen-bond acceptors (Lipinski definition) is 7. The average Bonchev–Trinajstić information content (AvgIpc) is 3.17. The Hall–Kier alpha value is -1.89. The van der Waals surface area contributed by atoms with Crippen LogP contribution in [-0.2, 0) is 28.5 Å². The molecule has 0 amide bonds. The lowest BCUT2D eigenvalue weighted by atomic mass is 9.79. The Morgan fingerprint density at radius 1 is 1.38 bits per heavy atom. The van der Waals surface area contributed by atoms with Crippen LogP contribution < -0.4 is 0 Å². The Kier molecular flexibility index (Phi) is 3.79. The third kappa shape index (κ3) is 3.07. The van der Waals surface area contributed by atoms with Crippen molar-refractivity contribution in [2.45, 2.75) is 38.6 Å². The van der Waals surface area contributed by atoms with Crippen molar-refractivity contribution in [1.82, 2.24) is 0 Å². The molecule has 1 aliphatic heterocycles. The average molecular weight is 298 g/mol. The molecule has 0 N–H and O–H groups in total. The van der Waals surface area contributed by atoms with Gasteiger partial charge >= 0.3 is 12.1 Å². The molecule has 0 aromatic carbocycles. The number of ketones is 1. The molecule has 0 aromatic heterocycles. The first kappa shape index (κ1) is 15.5. The second-order valence-corrected chi connectivity index (χ2v) is 6.00. The van der Waals surface area contributed by atoms with Crippen LogP contribution in [0.25, 0.3) is 0 Å². The highest BCUT2D eigenvalue weighted by molar-refractivity contribution is 6.00. The van der Waals surface area contributed by atoms with Gasteiger partial charge in [0.05, 0.1) is 7.11 Å². The van der Waals surface area contributed by atoms with E-state index >= 15 is 0 Å². The molecule has 116 valence electrons. The van der Waals surface area contributed by atoms with Crippen LogP contribution in [0.4, 0.5) is 4.79 Å². The highest BCUT2D eigenvalue weighted by Gasteiger charge is 2.64. The van der Waals surface area contributed by atoms with Gasteiger partial charge in [0.25, 0.3) is 0 Å². The molecular weight excluding hydrogens is 280 g/mol. The number of fused-ring (bicyclic) bond motifs is 1. The Balaban J connectivity index is 2.09. The Bertz CT molecular complexity index is 502. The smallest absolute Gasteiger partial charge is 0.468 e. The number of hydrogen-bond donors (Lipinski definition) is 0. The molecule has 7 nitrogen and oxygen atoms in total. The molecule has 1 aliphatic carbocycles. The van der Waals surface area contributed by atoms with Gasteiger partial charge in [0, 0.05) is 0 Å². The van der Waals surface area contributed by atoms with Crippen LogP contribution in [0.2, 0.25) is 0 Å². The first-order valence-electron chi connectivity index (χ1n) is 6.52. The number of rotatable bonds is 3. The zero-order valence-corrected chi connectivity index (χ0v) is 12.4. The summed E-state index contributed by atoms with van der Waals surface area (Å²) in [6.07, 6.45) is 0.401. The highest BCUT2D eigenvalue weighted by atomic mass is 16.7. The quantitative estimate of drug-likeness (QED) is 0.567. The van der Waals surface area contributed by atoms with Crippen molar-refractivity contribution in [3.8, 4) is 0 Å². The van der Waals surface area contributed by atoms with Crippen LogP contribution >= 0.6 is 0 Å². The van der Waals surface area contributed by atoms with E-state index in [4.69, 9.17) is 18.9 Å². The first-order chi connectivity index (χ1) is 9.69. The van der Waals surface area contributed by atoms with E-state index in [0.29, 0.717) is 0 Å². The number of carbonyl (C=O) groups is 3. The molecule has 1 heterocycles. The minimum atomic E-state index is -1.30. The third-order valence-corrected chi connectivity index (χ3v) is 3.21. The third-order valence-electron chi connectivity index (χ3n) is 3.21. The Morgan fingerprint density at radius 2 is 2.05 bits per heavy atom. The van der Waals surface area contributed by atoms with Gasteiger partial charge in [-0.05, 0) is 26.8 Å². The van der Waals surface area contributed by atoms with Gasteiger partial charge in [-0.25, -0.2) is 4.79 Å². The number of esters is 1.